The van der Waals surface area contributed by atoms with Crippen molar-refractivity contribution in [2.75, 3.05) is 26.2 Å². The first kappa shape index (κ1) is 23.7. The van der Waals surface area contributed by atoms with E-state index < -0.39 is 22.6 Å². The molecule has 2 aliphatic rings. The summed E-state index contributed by atoms with van der Waals surface area (Å²) in [6.07, 6.45) is 3.39. The topological polar surface area (TPSA) is 78.7 Å². The maximum absolute atomic E-state index is 14.7. The number of aromatic nitrogens is 2. The molecule has 0 unspecified atom stereocenters. The van der Waals surface area contributed by atoms with Crippen LogP contribution < -0.4 is 0 Å². The fraction of sp³-hybridized carbons (Fsp3) is 0.400. The Kier molecular flexibility index (Phi) is 6.46. The molecule has 0 bridgehead atoms. The zero-order valence-corrected chi connectivity index (χ0v) is 19.8. The van der Waals surface area contributed by atoms with E-state index in [2.05, 4.69) is 4.98 Å². The fourth-order valence-corrected chi connectivity index (χ4v) is 5.32. The van der Waals surface area contributed by atoms with Gasteiger partial charge in [-0.05, 0) is 56.1 Å². The van der Waals surface area contributed by atoms with Gasteiger partial charge in [-0.3, -0.25) is 14.5 Å². The Balaban J connectivity index is 1.39. The van der Waals surface area contributed by atoms with E-state index in [0.29, 0.717) is 51.1 Å². The maximum atomic E-state index is 14.7. The summed E-state index contributed by atoms with van der Waals surface area (Å²) in [7, 11) is 0. The number of carbonyl (C=O) groups is 2. The van der Waals surface area contributed by atoms with Crippen LogP contribution in [-0.4, -0.2) is 62.5 Å². The molecule has 7 nitrogen and oxygen atoms in total. The first-order valence-electron chi connectivity index (χ1n) is 11.6. The van der Waals surface area contributed by atoms with E-state index in [1.807, 2.05) is 21.6 Å². The Morgan fingerprint density at radius 3 is 2.66 bits per heavy atom. The minimum absolute atomic E-state index is 0.0230. The summed E-state index contributed by atoms with van der Waals surface area (Å²) in [6.45, 7) is 2.42. The molecule has 184 valence electrons. The molecule has 1 fully saturated rings. The highest BCUT2D eigenvalue weighted by atomic mass is 35.5. The summed E-state index contributed by atoms with van der Waals surface area (Å²) in [4.78, 5) is 32.6. The highest BCUT2D eigenvalue weighted by Crippen LogP contribution is 2.32. The fourth-order valence-electron chi connectivity index (χ4n) is 5.13. The van der Waals surface area contributed by atoms with Crippen molar-refractivity contribution in [3.63, 3.8) is 0 Å². The second kappa shape index (κ2) is 9.54. The van der Waals surface area contributed by atoms with Gasteiger partial charge in [-0.1, -0.05) is 17.7 Å². The normalized spacial score (nSPS) is 17.1. The van der Waals surface area contributed by atoms with E-state index in [9.17, 15) is 23.5 Å². The lowest BCUT2D eigenvalue weighted by Gasteiger charge is -2.33. The number of aliphatic carboxylic acids is 1. The summed E-state index contributed by atoms with van der Waals surface area (Å²) in [5.41, 5.74) is 2.88. The number of likely N-dealkylation sites (tertiary alicyclic amines) is 1. The highest BCUT2D eigenvalue weighted by Gasteiger charge is 2.30. The Morgan fingerprint density at radius 2 is 1.91 bits per heavy atom. The Morgan fingerprint density at radius 1 is 1.14 bits per heavy atom. The molecule has 2 aliphatic heterocycles. The number of carboxylic acids is 1. The molecule has 1 amide bonds. The molecule has 0 radical (unpaired) electrons. The van der Waals surface area contributed by atoms with Gasteiger partial charge in [-0.2, -0.15) is 0 Å². The molecule has 1 saturated heterocycles. The lowest BCUT2D eigenvalue weighted by atomic mass is 9.97. The number of nitrogens with zero attached hydrogens (tertiary/aromatic N) is 4. The van der Waals surface area contributed by atoms with Gasteiger partial charge in [0.15, 0.2) is 0 Å². The molecule has 0 spiro atoms. The van der Waals surface area contributed by atoms with E-state index in [1.54, 1.807) is 11.1 Å². The van der Waals surface area contributed by atoms with Crippen molar-refractivity contribution < 1.29 is 23.5 Å². The summed E-state index contributed by atoms with van der Waals surface area (Å²) in [5.74, 6) is -2.76. The van der Waals surface area contributed by atoms with Crippen molar-refractivity contribution in [3.8, 4) is 0 Å². The second-order valence-electron chi connectivity index (χ2n) is 9.17. The summed E-state index contributed by atoms with van der Waals surface area (Å²) in [5, 5.41) is 9.61. The molecule has 1 aromatic carbocycles. The molecule has 0 aliphatic carbocycles. The van der Waals surface area contributed by atoms with Gasteiger partial charge in [0.2, 0.25) is 5.91 Å². The van der Waals surface area contributed by atoms with Crippen LogP contribution in [0.3, 0.4) is 0 Å². The van der Waals surface area contributed by atoms with Crippen LogP contribution in [-0.2, 0) is 29.1 Å². The van der Waals surface area contributed by atoms with Crippen LogP contribution in [0, 0.1) is 17.6 Å². The van der Waals surface area contributed by atoms with Crippen molar-refractivity contribution in [2.24, 2.45) is 5.92 Å². The molecule has 0 saturated carbocycles. The number of halogens is 3. The second-order valence-corrected chi connectivity index (χ2v) is 9.55. The third-order valence-electron chi connectivity index (χ3n) is 7.11. The number of carbonyl (C=O) groups excluding carboxylic acids is 1. The first-order chi connectivity index (χ1) is 16.8. The lowest BCUT2D eigenvalue weighted by molar-refractivity contribution is -0.143. The zero-order chi connectivity index (χ0) is 24.7. The Labute approximate surface area is 205 Å². The van der Waals surface area contributed by atoms with Crippen LogP contribution >= 0.6 is 11.6 Å². The van der Waals surface area contributed by atoms with Gasteiger partial charge in [0.1, 0.15) is 22.3 Å². The molecule has 1 N–H and O–H groups in total. The monoisotopic (exact) mass is 502 g/mol. The van der Waals surface area contributed by atoms with Gasteiger partial charge in [0.25, 0.3) is 0 Å². The van der Waals surface area contributed by atoms with Gasteiger partial charge in [-0.25, -0.2) is 13.8 Å². The van der Waals surface area contributed by atoms with Gasteiger partial charge in [0, 0.05) is 29.4 Å². The minimum Gasteiger partial charge on any atom is -0.481 e. The van der Waals surface area contributed by atoms with E-state index in [-0.39, 0.29) is 30.5 Å². The number of hydrogen-bond acceptors (Lipinski definition) is 4. The molecule has 35 heavy (non-hydrogen) atoms. The lowest BCUT2D eigenvalue weighted by Crippen LogP contribution is -2.45. The van der Waals surface area contributed by atoms with Crippen molar-refractivity contribution in [1.82, 2.24) is 19.4 Å². The van der Waals surface area contributed by atoms with Crippen LogP contribution in [0.5, 0.6) is 0 Å². The third kappa shape index (κ3) is 4.50. The summed E-state index contributed by atoms with van der Waals surface area (Å²) < 4.78 is 30.3. The van der Waals surface area contributed by atoms with Gasteiger partial charge in [-0.15, -0.1) is 0 Å². The molecule has 10 heteroatoms. The van der Waals surface area contributed by atoms with E-state index >= 15 is 0 Å². The Hall–Kier alpha value is -3.04. The first-order valence-corrected chi connectivity index (χ1v) is 12.0. The molecular formula is C25H25ClF2N4O3. The van der Waals surface area contributed by atoms with Crippen molar-refractivity contribution in [1.29, 1.82) is 0 Å². The van der Waals surface area contributed by atoms with E-state index in [1.165, 1.54) is 6.07 Å². The number of piperidine rings is 1. The van der Waals surface area contributed by atoms with Crippen molar-refractivity contribution in [2.45, 2.75) is 32.4 Å². The minimum atomic E-state index is -0.811. The molecule has 4 heterocycles. The zero-order valence-electron chi connectivity index (χ0n) is 19.0. The maximum Gasteiger partial charge on any atom is 0.306 e. The number of benzene rings is 1. The summed E-state index contributed by atoms with van der Waals surface area (Å²) in [6, 6.07) is 6.34. The molecule has 0 atom stereocenters. The van der Waals surface area contributed by atoms with E-state index in [4.69, 9.17) is 11.6 Å². The molecule has 2 aromatic heterocycles. The smallest absolute Gasteiger partial charge is 0.306 e. The van der Waals surface area contributed by atoms with Gasteiger partial charge >= 0.3 is 5.97 Å². The largest absolute Gasteiger partial charge is 0.481 e. The average Bonchev–Trinajstić information content (AvgIpc) is 3.17. The SMILES string of the molecule is O=C(O)C1CCN(CC(=O)N2CCc3c(n(Cc4ccc(F)c(Cl)c4F)c4ncccc34)C2)CC1. The van der Waals surface area contributed by atoms with Gasteiger partial charge in [0.05, 0.1) is 25.6 Å². The van der Waals surface area contributed by atoms with E-state index in [0.717, 1.165) is 22.7 Å². The Bertz CT molecular complexity index is 1300. The number of carboxylic acid groups (broad SMARTS) is 1. The van der Waals surface area contributed by atoms with Crippen LogP contribution in [0.4, 0.5) is 8.78 Å². The van der Waals surface area contributed by atoms with Crippen LogP contribution in [0.15, 0.2) is 30.5 Å². The van der Waals surface area contributed by atoms with Crippen molar-refractivity contribution in [3.05, 3.63) is 63.9 Å². The highest BCUT2D eigenvalue weighted by molar-refractivity contribution is 6.30. The van der Waals surface area contributed by atoms with Crippen LogP contribution in [0.2, 0.25) is 5.02 Å². The molecule has 3 aromatic rings. The van der Waals surface area contributed by atoms with Crippen molar-refractivity contribution >= 4 is 34.5 Å². The van der Waals surface area contributed by atoms with Crippen LogP contribution in [0.1, 0.15) is 29.7 Å². The quantitative estimate of drug-likeness (QED) is 0.538. The number of fused-ring (bicyclic) bond motifs is 3. The standard InChI is InChI=1S/C25H25ClF2N4O3/c26-22-19(27)4-3-16(23(22)28)12-32-20-13-31(11-7-17(20)18-2-1-8-29-24(18)32)21(33)14-30-9-5-15(6-10-30)25(34)35/h1-4,8,15H,5-7,9-14H2,(H,34,35). The molecular weight excluding hydrogens is 478 g/mol. The number of rotatable bonds is 5. The molecule has 5 rings (SSSR count). The average molecular weight is 503 g/mol. The predicted octanol–water partition coefficient (Wildman–Crippen LogP) is 3.70. The number of hydrogen-bond donors (Lipinski definition) is 1. The van der Waals surface area contributed by atoms with Gasteiger partial charge < -0.3 is 14.6 Å². The predicted molar refractivity (Wildman–Crippen MR) is 126 cm³/mol. The summed E-state index contributed by atoms with van der Waals surface area (Å²) >= 11 is 5.80. The number of pyridine rings is 1. The number of amides is 1. The van der Waals surface area contributed by atoms with Crippen LogP contribution in [0.25, 0.3) is 11.0 Å². The third-order valence-corrected chi connectivity index (χ3v) is 7.45.